The van der Waals surface area contributed by atoms with Gasteiger partial charge in [-0.05, 0) is 25.7 Å². The topological polar surface area (TPSA) is 84.8 Å². The van der Waals surface area contributed by atoms with Crippen LogP contribution in [0.1, 0.15) is 40.8 Å². The monoisotopic (exact) mass is 303 g/mol. The quantitative estimate of drug-likeness (QED) is 0.893. The minimum atomic E-state index is -0.120. The highest BCUT2D eigenvalue weighted by Gasteiger charge is 2.30. The van der Waals surface area contributed by atoms with Crippen LogP contribution in [0.15, 0.2) is 18.6 Å². The number of aromatic amines is 1. The molecule has 1 fully saturated rings. The highest BCUT2D eigenvalue weighted by molar-refractivity contribution is 5.95. The Morgan fingerprint density at radius 2 is 2.27 bits per heavy atom. The van der Waals surface area contributed by atoms with Crippen molar-refractivity contribution in [2.75, 3.05) is 13.2 Å². The van der Waals surface area contributed by atoms with Crippen molar-refractivity contribution in [3.05, 3.63) is 35.7 Å². The molecule has 0 aliphatic carbocycles. The number of carbonyl (C=O) groups excluding carboxylic acids is 1. The van der Waals surface area contributed by atoms with Crippen molar-refractivity contribution in [1.29, 1.82) is 0 Å². The van der Waals surface area contributed by atoms with Crippen LogP contribution >= 0.6 is 0 Å². The van der Waals surface area contributed by atoms with Gasteiger partial charge in [0.25, 0.3) is 5.91 Å². The first-order valence-electron chi connectivity index (χ1n) is 7.52. The molecule has 0 saturated carbocycles. The van der Waals surface area contributed by atoms with E-state index >= 15 is 0 Å². The molecule has 22 heavy (non-hydrogen) atoms. The smallest absolute Gasteiger partial charge is 0.255 e. The lowest BCUT2D eigenvalue weighted by molar-refractivity contribution is 0.0499. The zero-order valence-corrected chi connectivity index (χ0v) is 12.9. The van der Waals surface area contributed by atoms with Gasteiger partial charge in [-0.2, -0.15) is 5.10 Å². The molecule has 7 nitrogen and oxygen atoms in total. The number of rotatable bonds is 4. The summed E-state index contributed by atoms with van der Waals surface area (Å²) in [4.78, 5) is 17.0. The number of H-pyrrole nitrogens is 1. The second-order valence-electron chi connectivity index (χ2n) is 5.71. The van der Waals surface area contributed by atoms with Crippen molar-refractivity contribution < 1.29 is 9.53 Å². The average molecular weight is 303 g/mol. The zero-order valence-electron chi connectivity index (χ0n) is 12.9. The SMILES string of the molecule is Cc1[nH]ncc1C(=O)NC(c1nccn1C)C1CCOCC1. The first-order valence-corrected chi connectivity index (χ1v) is 7.52. The van der Waals surface area contributed by atoms with Gasteiger partial charge < -0.3 is 14.6 Å². The second kappa shape index (κ2) is 6.31. The van der Waals surface area contributed by atoms with Gasteiger partial charge in [0.15, 0.2) is 0 Å². The van der Waals surface area contributed by atoms with E-state index in [1.807, 2.05) is 24.7 Å². The van der Waals surface area contributed by atoms with Crippen molar-refractivity contribution >= 4 is 5.91 Å². The molecule has 7 heteroatoms. The third kappa shape index (κ3) is 2.89. The Morgan fingerprint density at radius 1 is 1.50 bits per heavy atom. The van der Waals surface area contributed by atoms with Gasteiger partial charge in [-0.25, -0.2) is 4.98 Å². The molecule has 1 saturated heterocycles. The summed E-state index contributed by atoms with van der Waals surface area (Å²) in [5.41, 5.74) is 1.34. The van der Waals surface area contributed by atoms with E-state index in [9.17, 15) is 4.79 Å². The molecule has 3 heterocycles. The average Bonchev–Trinajstić information content (AvgIpc) is 3.14. The molecule has 1 aliphatic heterocycles. The number of hydrogen-bond acceptors (Lipinski definition) is 4. The van der Waals surface area contributed by atoms with E-state index in [0.29, 0.717) is 11.5 Å². The van der Waals surface area contributed by atoms with Crippen molar-refractivity contribution in [3.63, 3.8) is 0 Å². The van der Waals surface area contributed by atoms with Crippen LogP contribution < -0.4 is 5.32 Å². The minimum absolute atomic E-state index is 0.120. The number of carbonyl (C=O) groups is 1. The van der Waals surface area contributed by atoms with Crippen LogP contribution in [0, 0.1) is 12.8 Å². The second-order valence-corrected chi connectivity index (χ2v) is 5.71. The number of nitrogens with one attached hydrogen (secondary N) is 2. The van der Waals surface area contributed by atoms with E-state index < -0.39 is 0 Å². The minimum Gasteiger partial charge on any atom is -0.381 e. The standard InChI is InChI=1S/C15H21N5O2/c1-10-12(9-17-19-10)15(21)18-13(11-3-7-22-8-4-11)14-16-5-6-20(14)2/h5-6,9,11,13H,3-4,7-8H2,1-2H3,(H,17,19)(H,18,21). The molecule has 1 aliphatic rings. The first kappa shape index (κ1) is 14.8. The Morgan fingerprint density at radius 3 is 2.86 bits per heavy atom. The number of aryl methyl sites for hydroxylation is 2. The molecule has 1 unspecified atom stereocenters. The van der Waals surface area contributed by atoms with E-state index in [2.05, 4.69) is 20.5 Å². The largest absolute Gasteiger partial charge is 0.381 e. The van der Waals surface area contributed by atoms with E-state index in [0.717, 1.165) is 37.6 Å². The van der Waals surface area contributed by atoms with Crippen LogP contribution in [0.3, 0.4) is 0 Å². The third-order valence-corrected chi connectivity index (χ3v) is 4.24. The van der Waals surface area contributed by atoms with Gasteiger partial charge in [0.2, 0.25) is 0 Å². The summed E-state index contributed by atoms with van der Waals surface area (Å²) in [6.45, 7) is 3.30. The first-order chi connectivity index (χ1) is 10.7. The number of amides is 1. The van der Waals surface area contributed by atoms with Gasteiger partial charge in [-0.1, -0.05) is 0 Å². The van der Waals surface area contributed by atoms with Gasteiger partial charge in [0, 0.05) is 38.3 Å². The fourth-order valence-electron chi connectivity index (χ4n) is 2.92. The third-order valence-electron chi connectivity index (χ3n) is 4.24. The van der Waals surface area contributed by atoms with E-state index in [1.165, 1.54) is 0 Å². The van der Waals surface area contributed by atoms with Crippen LogP contribution in [-0.4, -0.2) is 38.9 Å². The lowest BCUT2D eigenvalue weighted by atomic mass is 9.91. The van der Waals surface area contributed by atoms with Crippen LogP contribution in [-0.2, 0) is 11.8 Å². The normalized spacial score (nSPS) is 17.4. The summed E-state index contributed by atoms with van der Waals surface area (Å²) in [6.07, 6.45) is 7.06. The highest BCUT2D eigenvalue weighted by atomic mass is 16.5. The fourth-order valence-corrected chi connectivity index (χ4v) is 2.92. The lowest BCUT2D eigenvalue weighted by Crippen LogP contribution is -2.37. The zero-order chi connectivity index (χ0) is 15.5. The maximum Gasteiger partial charge on any atom is 0.255 e. The molecule has 0 radical (unpaired) electrons. The van der Waals surface area contributed by atoms with Gasteiger partial charge in [-0.3, -0.25) is 9.89 Å². The molecule has 2 aromatic heterocycles. The maximum absolute atomic E-state index is 12.5. The predicted molar refractivity (Wildman–Crippen MR) is 80.3 cm³/mol. The van der Waals surface area contributed by atoms with Crippen LogP contribution in [0.5, 0.6) is 0 Å². The molecule has 118 valence electrons. The predicted octanol–water partition coefficient (Wildman–Crippen LogP) is 1.35. The number of hydrogen-bond donors (Lipinski definition) is 2. The summed E-state index contributed by atoms with van der Waals surface area (Å²) in [6, 6.07) is -0.120. The molecule has 0 spiro atoms. The van der Waals surface area contributed by atoms with Crippen LogP contribution in [0.25, 0.3) is 0 Å². The summed E-state index contributed by atoms with van der Waals surface area (Å²) >= 11 is 0. The Hall–Kier alpha value is -2.15. The van der Waals surface area contributed by atoms with Crippen molar-refractivity contribution in [2.24, 2.45) is 13.0 Å². The van der Waals surface area contributed by atoms with Gasteiger partial charge in [0.05, 0.1) is 17.8 Å². The lowest BCUT2D eigenvalue weighted by Gasteiger charge is -2.30. The molecular weight excluding hydrogens is 282 g/mol. The highest BCUT2D eigenvalue weighted by Crippen LogP contribution is 2.29. The Labute approximate surface area is 129 Å². The summed E-state index contributed by atoms with van der Waals surface area (Å²) in [7, 11) is 1.95. The van der Waals surface area contributed by atoms with Gasteiger partial charge >= 0.3 is 0 Å². The summed E-state index contributed by atoms with van der Waals surface area (Å²) in [5, 5.41) is 9.85. The number of aromatic nitrogens is 4. The molecule has 3 rings (SSSR count). The molecule has 1 amide bonds. The van der Waals surface area contributed by atoms with Crippen molar-refractivity contribution in [3.8, 4) is 0 Å². The summed E-state index contributed by atoms with van der Waals surface area (Å²) in [5.74, 6) is 1.08. The van der Waals surface area contributed by atoms with E-state index in [-0.39, 0.29) is 11.9 Å². The van der Waals surface area contributed by atoms with E-state index in [4.69, 9.17) is 4.74 Å². The fraction of sp³-hybridized carbons (Fsp3) is 0.533. The van der Waals surface area contributed by atoms with E-state index in [1.54, 1.807) is 12.4 Å². The molecule has 1 atom stereocenters. The van der Waals surface area contributed by atoms with Crippen molar-refractivity contribution in [2.45, 2.75) is 25.8 Å². The van der Waals surface area contributed by atoms with Crippen molar-refractivity contribution in [1.82, 2.24) is 25.1 Å². The van der Waals surface area contributed by atoms with Gasteiger partial charge in [0.1, 0.15) is 5.82 Å². The maximum atomic E-state index is 12.5. The molecule has 2 N–H and O–H groups in total. The molecule has 2 aromatic rings. The molecule has 0 bridgehead atoms. The Kier molecular flexibility index (Phi) is 4.24. The Balaban J connectivity index is 1.84. The van der Waals surface area contributed by atoms with Crippen LogP contribution in [0.4, 0.5) is 0 Å². The summed E-state index contributed by atoms with van der Waals surface area (Å²) < 4.78 is 7.40. The Bertz CT molecular complexity index is 642. The van der Waals surface area contributed by atoms with Crippen LogP contribution in [0.2, 0.25) is 0 Å². The molecule has 0 aromatic carbocycles. The molecular formula is C15H21N5O2. The number of imidazole rings is 1. The number of nitrogens with zero attached hydrogens (tertiary/aromatic N) is 3. The number of ether oxygens (including phenoxy) is 1. The van der Waals surface area contributed by atoms with Gasteiger partial charge in [-0.15, -0.1) is 0 Å².